The van der Waals surface area contributed by atoms with Crippen LogP contribution in [0.5, 0.6) is 0 Å². The Bertz CT molecular complexity index is 599. The van der Waals surface area contributed by atoms with Gasteiger partial charge in [-0.3, -0.25) is 4.79 Å². The summed E-state index contributed by atoms with van der Waals surface area (Å²) in [6, 6.07) is 7.23. The number of halogens is 1. The van der Waals surface area contributed by atoms with Crippen LogP contribution in [0.3, 0.4) is 0 Å². The fourth-order valence-electron chi connectivity index (χ4n) is 1.50. The number of hydrogen-bond acceptors (Lipinski definition) is 3. The van der Waals surface area contributed by atoms with E-state index in [1.54, 1.807) is 19.2 Å². The summed E-state index contributed by atoms with van der Waals surface area (Å²) in [4.78, 5) is 20.0. The Morgan fingerprint density at radius 2 is 2.06 bits per heavy atom. The van der Waals surface area contributed by atoms with E-state index < -0.39 is 0 Å². The lowest BCUT2D eigenvalue weighted by atomic mass is 10.2. The summed E-state index contributed by atoms with van der Waals surface area (Å²) in [5, 5.41) is 2.80. The minimum atomic E-state index is -0.234. The molecule has 0 fully saturated rings. The largest absolute Gasteiger partial charge is 0.321 e. The molecule has 0 saturated heterocycles. The number of anilines is 1. The van der Waals surface area contributed by atoms with Crippen molar-refractivity contribution in [1.82, 2.24) is 9.97 Å². The SMILES string of the molecule is Cc1nccc(C(=O)Nc2ccc(Br)c(C)c2)n1. The van der Waals surface area contributed by atoms with Crippen LogP contribution < -0.4 is 5.32 Å². The number of nitrogens with one attached hydrogen (secondary N) is 1. The summed E-state index contributed by atoms with van der Waals surface area (Å²) in [5.74, 6) is 0.344. The smallest absolute Gasteiger partial charge is 0.274 e. The first kappa shape index (κ1) is 12.7. The minimum Gasteiger partial charge on any atom is -0.321 e. The number of nitrogens with zero attached hydrogens (tertiary/aromatic N) is 2. The van der Waals surface area contributed by atoms with Crippen LogP contribution in [0, 0.1) is 13.8 Å². The van der Waals surface area contributed by atoms with Gasteiger partial charge in [0.05, 0.1) is 0 Å². The maximum absolute atomic E-state index is 11.9. The first-order chi connectivity index (χ1) is 8.56. The van der Waals surface area contributed by atoms with Crippen molar-refractivity contribution in [2.75, 3.05) is 5.32 Å². The van der Waals surface area contributed by atoms with Crippen molar-refractivity contribution in [3.8, 4) is 0 Å². The summed E-state index contributed by atoms with van der Waals surface area (Å²) < 4.78 is 1.01. The normalized spacial score (nSPS) is 10.2. The third kappa shape index (κ3) is 2.92. The summed E-state index contributed by atoms with van der Waals surface area (Å²) in [5.41, 5.74) is 2.17. The van der Waals surface area contributed by atoms with Gasteiger partial charge in [0.1, 0.15) is 11.5 Å². The highest BCUT2D eigenvalue weighted by Crippen LogP contribution is 2.20. The molecule has 1 aromatic carbocycles. The predicted molar refractivity (Wildman–Crippen MR) is 73.6 cm³/mol. The Labute approximate surface area is 114 Å². The summed E-state index contributed by atoms with van der Waals surface area (Å²) >= 11 is 3.42. The average Bonchev–Trinajstić information content (AvgIpc) is 2.34. The third-order valence-electron chi connectivity index (χ3n) is 2.42. The average molecular weight is 306 g/mol. The van der Waals surface area contributed by atoms with Gasteiger partial charge in [-0.25, -0.2) is 9.97 Å². The second kappa shape index (κ2) is 5.27. The molecule has 1 heterocycles. The van der Waals surface area contributed by atoms with E-state index in [4.69, 9.17) is 0 Å². The molecule has 4 nitrogen and oxygen atoms in total. The van der Waals surface area contributed by atoms with Crippen LogP contribution in [-0.2, 0) is 0 Å². The topological polar surface area (TPSA) is 54.9 Å². The predicted octanol–water partition coefficient (Wildman–Crippen LogP) is 3.11. The molecule has 0 unspecified atom stereocenters. The number of aromatic nitrogens is 2. The van der Waals surface area contributed by atoms with Gasteiger partial charge < -0.3 is 5.32 Å². The summed E-state index contributed by atoms with van der Waals surface area (Å²) in [6.07, 6.45) is 1.57. The molecule has 0 aliphatic carbocycles. The molecule has 1 amide bonds. The van der Waals surface area contributed by atoms with Crippen LogP contribution in [0.4, 0.5) is 5.69 Å². The molecule has 0 atom stereocenters. The Hall–Kier alpha value is -1.75. The molecule has 1 N–H and O–H groups in total. The Morgan fingerprint density at radius 3 is 2.72 bits per heavy atom. The molecular formula is C13H12BrN3O. The van der Waals surface area contributed by atoms with Crippen molar-refractivity contribution < 1.29 is 4.79 Å². The van der Waals surface area contributed by atoms with Crippen molar-refractivity contribution in [2.45, 2.75) is 13.8 Å². The van der Waals surface area contributed by atoms with Gasteiger partial charge >= 0.3 is 0 Å². The molecule has 1 aromatic heterocycles. The second-order valence-electron chi connectivity index (χ2n) is 3.91. The van der Waals surface area contributed by atoms with Crippen LogP contribution in [0.1, 0.15) is 21.9 Å². The number of carbonyl (C=O) groups excluding carboxylic acids is 1. The first-order valence-electron chi connectivity index (χ1n) is 5.43. The maximum Gasteiger partial charge on any atom is 0.274 e. The van der Waals surface area contributed by atoms with E-state index in [2.05, 4.69) is 31.2 Å². The number of hydrogen-bond donors (Lipinski definition) is 1. The lowest BCUT2D eigenvalue weighted by Gasteiger charge is -2.06. The quantitative estimate of drug-likeness (QED) is 0.927. The number of carbonyl (C=O) groups is 1. The fraction of sp³-hybridized carbons (Fsp3) is 0.154. The zero-order valence-corrected chi connectivity index (χ0v) is 11.7. The van der Waals surface area contributed by atoms with Crippen molar-refractivity contribution >= 4 is 27.5 Å². The van der Waals surface area contributed by atoms with E-state index in [0.29, 0.717) is 11.5 Å². The van der Waals surface area contributed by atoms with Crippen LogP contribution >= 0.6 is 15.9 Å². The van der Waals surface area contributed by atoms with Crippen LogP contribution in [0.2, 0.25) is 0 Å². The number of rotatable bonds is 2. The van der Waals surface area contributed by atoms with Gasteiger partial charge in [-0.1, -0.05) is 15.9 Å². The van der Waals surface area contributed by atoms with Crippen LogP contribution in [0.25, 0.3) is 0 Å². The molecule has 92 valence electrons. The molecule has 5 heteroatoms. The Balaban J connectivity index is 2.18. The molecular weight excluding hydrogens is 294 g/mol. The lowest BCUT2D eigenvalue weighted by molar-refractivity contribution is 0.102. The standard InChI is InChI=1S/C13H12BrN3O/c1-8-7-10(3-4-11(8)14)17-13(18)12-5-6-15-9(2)16-12/h3-7H,1-2H3,(H,17,18). The van der Waals surface area contributed by atoms with Crippen LogP contribution in [-0.4, -0.2) is 15.9 Å². The van der Waals surface area contributed by atoms with Gasteiger partial charge in [-0.05, 0) is 43.7 Å². The number of benzene rings is 1. The molecule has 2 aromatic rings. The van der Waals surface area contributed by atoms with E-state index in [1.807, 2.05) is 25.1 Å². The molecule has 0 bridgehead atoms. The van der Waals surface area contributed by atoms with Gasteiger partial charge in [0.25, 0.3) is 5.91 Å². The molecule has 0 radical (unpaired) electrons. The molecule has 2 rings (SSSR count). The highest BCUT2D eigenvalue weighted by atomic mass is 79.9. The summed E-state index contributed by atoms with van der Waals surface area (Å²) in [6.45, 7) is 3.72. The van der Waals surface area contributed by atoms with Crippen LogP contribution in [0.15, 0.2) is 34.9 Å². The van der Waals surface area contributed by atoms with Crippen molar-refractivity contribution in [3.05, 3.63) is 52.0 Å². The number of aryl methyl sites for hydroxylation is 2. The highest BCUT2D eigenvalue weighted by molar-refractivity contribution is 9.10. The van der Waals surface area contributed by atoms with Gasteiger partial charge in [0.2, 0.25) is 0 Å². The lowest BCUT2D eigenvalue weighted by Crippen LogP contribution is -2.14. The monoisotopic (exact) mass is 305 g/mol. The van der Waals surface area contributed by atoms with E-state index in [0.717, 1.165) is 15.7 Å². The molecule has 0 aliphatic rings. The van der Waals surface area contributed by atoms with E-state index >= 15 is 0 Å². The Morgan fingerprint density at radius 1 is 1.28 bits per heavy atom. The molecule has 0 aliphatic heterocycles. The van der Waals surface area contributed by atoms with Gasteiger partial charge in [0, 0.05) is 16.4 Å². The van der Waals surface area contributed by atoms with Gasteiger partial charge in [-0.15, -0.1) is 0 Å². The number of amides is 1. The van der Waals surface area contributed by atoms with E-state index in [1.165, 1.54) is 0 Å². The zero-order chi connectivity index (χ0) is 13.1. The Kier molecular flexibility index (Phi) is 3.72. The maximum atomic E-state index is 11.9. The molecule has 18 heavy (non-hydrogen) atoms. The summed E-state index contributed by atoms with van der Waals surface area (Å²) in [7, 11) is 0. The van der Waals surface area contributed by atoms with E-state index in [-0.39, 0.29) is 5.91 Å². The molecule has 0 saturated carbocycles. The van der Waals surface area contributed by atoms with Gasteiger partial charge in [0.15, 0.2) is 0 Å². The van der Waals surface area contributed by atoms with E-state index in [9.17, 15) is 4.79 Å². The van der Waals surface area contributed by atoms with Crippen molar-refractivity contribution in [2.24, 2.45) is 0 Å². The van der Waals surface area contributed by atoms with Crippen molar-refractivity contribution in [1.29, 1.82) is 0 Å². The van der Waals surface area contributed by atoms with Gasteiger partial charge in [-0.2, -0.15) is 0 Å². The van der Waals surface area contributed by atoms with Crippen molar-refractivity contribution in [3.63, 3.8) is 0 Å². The fourth-order valence-corrected chi connectivity index (χ4v) is 1.75. The minimum absolute atomic E-state index is 0.234. The second-order valence-corrected chi connectivity index (χ2v) is 4.76. The third-order valence-corrected chi connectivity index (χ3v) is 3.31. The molecule has 0 spiro atoms. The zero-order valence-electron chi connectivity index (χ0n) is 10.1. The highest BCUT2D eigenvalue weighted by Gasteiger charge is 2.08. The first-order valence-corrected chi connectivity index (χ1v) is 6.23.